The van der Waals surface area contributed by atoms with Gasteiger partial charge < -0.3 is 14.8 Å². The summed E-state index contributed by atoms with van der Waals surface area (Å²) in [5.41, 5.74) is 3.00. The van der Waals surface area contributed by atoms with Crippen LogP contribution in [0.1, 0.15) is 28.4 Å². The lowest BCUT2D eigenvalue weighted by molar-refractivity contribution is 0.102. The number of sulfonamides is 1. The van der Waals surface area contributed by atoms with Crippen LogP contribution in [-0.4, -0.2) is 45.1 Å². The van der Waals surface area contributed by atoms with Gasteiger partial charge in [0, 0.05) is 24.8 Å². The Morgan fingerprint density at radius 2 is 1.89 bits per heavy atom. The highest BCUT2D eigenvalue weighted by molar-refractivity contribution is 7.89. The summed E-state index contributed by atoms with van der Waals surface area (Å²) in [6, 6.07) is 10.6. The first-order chi connectivity index (χ1) is 13.4. The Kier molecular flexibility index (Phi) is 5.90. The van der Waals surface area contributed by atoms with E-state index in [2.05, 4.69) is 5.32 Å². The summed E-state index contributed by atoms with van der Waals surface area (Å²) in [6.07, 6.45) is 0.662. The van der Waals surface area contributed by atoms with Crippen LogP contribution < -0.4 is 14.8 Å². The fraction of sp³-hybridized carbons (Fsp3) is 0.350. The lowest BCUT2D eigenvalue weighted by atomic mass is 10.0. The molecule has 1 N–H and O–H groups in total. The summed E-state index contributed by atoms with van der Waals surface area (Å²) in [7, 11) is -0.202. The average Bonchev–Trinajstić information content (AvgIpc) is 2.72. The molecule has 1 aliphatic rings. The van der Waals surface area contributed by atoms with Crippen LogP contribution in [0.15, 0.2) is 36.4 Å². The highest BCUT2D eigenvalue weighted by atomic mass is 32.2. The van der Waals surface area contributed by atoms with Crippen molar-refractivity contribution in [1.82, 2.24) is 4.31 Å². The molecule has 2 aromatic carbocycles. The van der Waals surface area contributed by atoms with Crippen molar-refractivity contribution in [2.75, 3.05) is 31.8 Å². The molecule has 1 heterocycles. The van der Waals surface area contributed by atoms with E-state index in [-0.39, 0.29) is 11.7 Å². The maximum atomic E-state index is 12.7. The summed E-state index contributed by atoms with van der Waals surface area (Å²) in [5.74, 6) is 0.776. The maximum absolute atomic E-state index is 12.7. The number of hydrogen-bond donors (Lipinski definition) is 1. The standard InChI is InChI=1S/C20H24N2O5S/c1-4-28(24,25)22-10-9-14-5-6-16(11-15(14)13-22)21-20(23)18-8-7-17(26-2)12-19(18)27-3/h5-8,11-12H,4,9-10,13H2,1-3H3,(H,21,23). The molecule has 0 saturated carbocycles. The fourth-order valence-electron chi connectivity index (χ4n) is 3.21. The van der Waals surface area contributed by atoms with Crippen molar-refractivity contribution in [1.29, 1.82) is 0 Å². The van der Waals surface area contributed by atoms with E-state index in [1.807, 2.05) is 18.2 Å². The van der Waals surface area contributed by atoms with Crippen LogP contribution >= 0.6 is 0 Å². The zero-order valence-corrected chi connectivity index (χ0v) is 17.0. The molecule has 0 spiro atoms. The number of rotatable bonds is 6. The number of amides is 1. The average molecular weight is 404 g/mol. The second kappa shape index (κ2) is 8.20. The molecule has 0 atom stereocenters. The first-order valence-electron chi connectivity index (χ1n) is 9.01. The smallest absolute Gasteiger partial charge is 0.259 e. The van der Waals surface area contributed by atoms with Crippen LogP contribution in [0.25, 0.3) is 0 Å². The molecule has 0 saturated heterocycles. The molecule has 0 bridgehead atoms. The second-order valence-electron chi connectivity index (χ2n) is 6.49. The topological polar surface area (TPSA) is 84.9 Å². The molecule has 28 heavy (non-hydrogen) atoms. The number of anilines is 1. The van der Waals surface area contributed by atoms with E-state index in [9.17, 15) is 13.2 Å². The van der Waals surface area contributed by atoms with Crippen LogP contribution in [0.3, 0.4) is 0 Å². The number of nitrogens with zero attached hydrogens (tertiary/aromatic N) is 1. The molecule has 3 rings (SSSR count). The van der Waals surface area contributed by atoms with Crippen molar-refractivity contribution in [3.63, 3.8) is 0 Å². The Balaban J connectivity index is 1.81. The molecule has 0 aromatic heterocycles. The Hall–Kier alpha value is -2.58. The molecule has 1 aliphatic heterocycles. The van der Waals surface area contributed by atoms with Gasteiger partial charge in [-0.2, -0.15) is 4.31 Å². The largest absolute Gasteiger partial charge is 0.497 e. The first-order valence-corrected chi connectivity index (χ1v) is 10.6. The first kappa shape index (κ1) is 20.2. The van der Waals surface area contributed by atoms with E-state index in [1.54, 1.807) is 32.2 Å². The van der Waals surface area contributed by atoms with Crippen LogP contribution in [0, 0.1) is 0 Å². The molecule has 0 fully saturated rings. The van der Waals surface area contributed by atoms with Crippen LogP contribution in [0.2, 0.25) is 0 Å². The number of carbonyl (C=O) groups is 1. The molecular formula is C20H24N2O5S. The molecule has 7 nitrogen and oxygen atoms in total. The number of ether oxygens (including phenoxy) is 2. The van der Waals surface area contributed by atoms with Gasteiger partial charge in [0.05, 0.1) is 25.5 Å². The molecular weight excluding hydrogens is 380 g/mol. The van der Waals surface area contributed by atoms with E-state index in [1.165, 1.54) is 11.4 Å². The molecule has 2 aromatic rings. The van der Waals surface area contributed by atoms with Crippen LogP contribution in [-0.2, 0) is 23.0 Å². The van der Waals surface area contributed by atoms with Gasteiger partial charge in [0.1, 0.15) is 11.5 Å². The highest BCUT2D eigenvalue weighted by Gasteiger charge is 2.25. The maximum Gasteiger partial charge on any atom is 0.259 e. The molecule has 0 aliphatic carbocycles. The normalized spacial score (nSPS) is 14.2. The predicted octanol–water partition coefficient (Wildman–Crippen LogP) is 2.66. The predicted molar refractivity (Wildman–Crippen MR) is 108 cm³/mol. The van der Waals surface area contributed by atoms with Gasteiger partial charge in [0.25, 0.3) is 5.91 Å². The number of fused-ring (bicyclic) bond motifs is 1. The Labute approximate surface area is 165 Å². The third kappa shape index (κ3) is 4.13. The van der Waals surface area contributed by atoms with Gasteiger partial charge in [-0.15, -0.1) is 0 Å². The molecule has 0 unspecified atom stereocenters. The van der Waals surface area contributed by atoms with Gasteiger partial charge in [-0.25, -0.2) is 8.42 Å². The molecule has 1 amide bonds. The quantitative estimate of drug-likeness (QED) is 0.800. The number of carbonyl (C=O) groups excluding carboxylic acids is 1. The Bertz CT molecular complexity index is 988. The number of methoxy groups -OCH3 is 2. The van der Waals surface area contributed by atoms with Crippen molar-refractivity contribution in [2.45, 2.75) is 19.9 Å². The van der Waals surface area contributed by atoms with Gasteiger partial charge in [0.2, 0.25) is 10.0 Å². The van der Waals surface area contributed by atoms with E-state index < -0.39 is 10.0 Å². The Morgan fingerprint density at radius 1 is 1.11 bits per heavy atom. The van der Waals surface area contributed by atoms with Gasteiger partial charge in [0.15, 0.2) is 0 Å². The summed E-state index contributed by atoms with van der Waals surface area (Å²) in [6.45, 7) is 2.45. The zero-order chi connectivity index (χ0) is 20.3. The third-order valence-electron chi connectivity index (χ3n) is 4.85. The zero-order valence-electron chi connectivity index (χ0n) is 16.2. The van der Waals surface area contributed by atoms with E-state index in [0.29, 0.717) is 42.3 Å². The fourth-order valence-corrected chi connectivity index (χ4v) is 4.28. The van der Waals surface area contributed by atoms with Crippen molar-refractivity contribution >= 4 is 21.6 Å². The minimum Gasteiger partial charge on any atom is -0.497 e. The summed E-state index contributed by atoms with van der Waals surface area (Å²) >= 11 is 0. The van der Waals surface area contributed by atoms with Gasteiger partial charge in [-0.1, -0.05) is 6.07 Å². The summed E-state index contributed by atoms with van der Waals surface area (Å²) < 4.78 is 36.3. The monoisotopic (exact) mass is 404 g/mol. The third-order valence-corrected chi connectivity index (χ3v) is 6.68. The second-order valence-corrected chi connectivity index (χ2v) is 8.75. The van der Waals surface area contributed by atoms with Crippen LogP contribution in [0.4, 0.5) is 5.69 Å². The lowest BCUT2D eigenvalue weighted by Gasteiger charge is -2.28. The van der Waals surface area contributed by atoms with E-state index in [0.717, 1.165) is 11.1 Å². The van der Waals surface area contributed by atoms with Crippen LogP contribution in [0.5, 0.6) is 11.5 Å². The Morgan fingerprint density at radius 3 is 2.57 bits per heavy atom. The highest BCUT2D eigenvalue weighted by Crippen LogP contribution is 2.27. The van der Waals surface area contributed by atoms with Gasteiger partial charge in [-0.3, -0.25) is 4.79 Å². The van der Waals surface area contributed by atoms with Crippen molar-refractivity contribution in [2.24, 2.45) is 0 Å². The van der Waals surface area contributed by atoms with Crippen molar-refractivity contribution in [3.8, 4) is 11.5 Å². The summed E-state index contributed by atoms with van der Waals surface area (Å²) in [5, 5.41) is 2.86. The van der Waals surface area contributed by atoms with Crippen molar-refractivity contribution in [3.05, 3.63) is 53.1 Å². The number of hydrogen-bond acceptors (Lipinski definition) is 5. The lowest BCUT2D eigenvalue weighted by Crippen LogP contribution is -2.36. The molecule has 0 radical (unpaired) electrons. The summed E-state index contributed by atoms with van der Waals surface area (Å²) in [4.78, 5) is 12.7. The van der Waals surface area contributed by atoms with E-state index in [4.69, 9.17) is 9.47 Å². The molecule has 8 heteroatoms. The SMILES string of the molecule is CCS(=O)(=O)N1CCc2ccc(NC(=O)c3ccc(OC)cc3OC)cc2C1. The van der Waals surface area contributed by atoms with Crippen molar-refractivity contribution < 1.29 is 22.7 Å². The molecule has 150 valence electrons. The van der Waals surface area contributed by atoms with Gasteiger partial charge in [-0.05, 0) is 48.7 Å². The minimum absolute atomic E-state index is 0.0794. The van der Waals surface area contributed by atoms with E-state index >= 15 is 0 Å². The minimum atomic E-state index is -3.24. The van der Waals surface area contributed by atoms with Gasteiger partial charge >= 0.3 is 0 Å². The number of benzene rings is 2. The number of nitrogens with one attached hydrogen (secondary N) is 1.